The number of hydrogen-bond donors (Lipinski definition) is 2. The molecule has 30 heavy (non-hydrogen) atoms. The zero-order valence-electron chi connectivity index (χ0n) is 16.5. The van der Waals surface area contributed by atoms with E-state index >= 15 is 0 Å². The Morgan fingerprint density at radius 3 is 2.73 bits per heavy atom. The number of nitrogens with zero attached hydrogens (tertiary/aromatic N) is 3. The number of carbonyl (C=O) groups is 2. The molecular weight excluding hydrogens is 384 g/mol. The maximum absolute atomic E-state index is 13.4. The molecule has 1 saturated heterocycles. The Bertz CT molecular complexity index is 1030. The van der Waals surface area contributed by atoms with E-state index in [1.807, 2.05) is 0 Å². The highest BCUT2D eigenvalue weighted by molar-refractivity contribution is 5.95. The van der Waals surface area contributed by atoms with Crippen molar-refractivity contribution >= 4 is 11.8 Å². The van der Waals surface area contributed by atoms with Gasteiger partial charge in [-0.15, -0.1) is 0 Å². The minimum atomic E-state index is -0.616. The fraction of sp³-hybridized carbons (Fsp3) is 0.455. The number of aliphatic hydroxyl groups excluding tert-OH is 1. The van der Waals surface area contributed by atoms with Gasteiger partial charge in [-0.05, 0) is 37.0 Å². The van der Waals surface area contributed by atoms with E-state index in [0.717, 1.165) is 12.8 Å². The van der Waals surface area contributed by atoms with Crippen molar-refractivity contribution in [3.8, 4) is 0 Å². The maximum Gasteiger partial charge on any atom is 0.256 e. The molecule has 8 heteroatoms. The molecule has 0 spiro atoms. The van der Waals surface area contributed by atoms with E-state index in [2.05, 4.69) is 10.3 Å². The van der Waals surface area contributed by atoms with E-state index in [-0.39, 0.29) is 30.5 Å². The summed E-state index contributed by atoms with van der Waals surface area (Å²) in [4.78, 5) is 44.9. The van der Waals surface area contributed by atoms with Gasteiger partial charge in [-0.1, -0.05) is 6.07 Å². The molecule has 2 N–H and O–H groups in total. The minimum Gasteiger partial charge on any atom is -0.396 e. The first-order valence-electron chi connectivity index (χ1n) is 10.4. The monoisotopic (exact) mass is 408 g/mol. The third-order valence-corrected chi connectivity index (χ3v) is 6.63. The Labute approximate surface area is 173 Å². The molecule has 1 saturated carbocycles. The van der Waals surface area contributed by atoms with Gasteiger partial charge < -0.3 is 19.9 Å². The molecule has 2 amide bonds. The number of nitrogens with one attached hydrogen (secondary N) is 1. The van der Waals surface area contributed by atoms with Gasteiger partial charge in [0.25, 0.3) is 11.5 Å². The Hall–Kier alpha value is -3.00. The molecule has 0 radical (unpaired) electrons. The highest BCUT2D eigenvalue weighted by Gasteiger charge is 2.57. The lowest BCUT2D eigenvalue weighted by Gasteiger charge is -2.38. The predicted octanol–water partition coefficient (Wildman–Crippen LogP) is 0.574. The summed E-state index contributed by atoms with van der Waals surface area (Å²) in [7, 11) is 0. The number of carbonyl (C=O) groups excluding carboxylic acids is 2. The van der Waals surface area contributed by atoms with Gasteiger partial charge in [0.05, 0.1) is 23.6 Å². The topological polar surface area (TPSA) is 105 Å². The number of fused-ring (bicyclic) bond motifs is 4. The van der Waals surface area contributed by atoms with Crippen molar-refractivity contribution in [1.29, 1.82) is 0 Å². The standard InChI is InChI=1S/C22H24N4O4/c27-12-15-17-11-25-16(4-1-5-18(25)28)20(19(15)21(29)24-9-13-6-7-13)26(17)22(30)14-3-2-8-23-10-14/h1-5,8,10,13,15,17,19-20,27H,6-7,9,11-12H2,(H,24,29)/t15-,17-,19+,20+/m1/s1. The van der Waals surface area contributed by atoms with Crippen molar-refractivity contribution in [1.82, 2.24) is 19.8 Å². The minimum absolute atomic E-state index is 0.160. The van der Waals surface area contributed by atoms with Crippen LogP contribution in [0.4, 0.5) is 0 Å². The van der Waals surface area contributed by atoms with Gasteiger partial charge in [-0.25, -0.2) is 0 Å². The van der Waals surface area contributed by atoms with E-state index in [4.69, 9.17) is 0 Å². The lowest BCUT2D eigenvalue weighted by atomic mass is 9.86. The van der Waals surface area contributed by atoms with Crippen LogP contribution >= 0.6 is 0 Å². The van der Waals surface area contributed by atoms with Crippen LogP contribution in [0.1, 0.15) is 34.9 Å². The summed E-state index contributed by atoms with van der Waals surface area (Å²) in [6, 6.07) is 7.27. The molecule has 2 fully saturated rings. The highest BCUT2D eigenvalue weighted by Crippen LogP contribution is 2.48. The van der Waals surface area contributed by atoms with Gasteiger partial charge in [0.2, 0.25) is 5.91 Å². The van der Waals surface area contributed by atoms with Crippen LogP contribution in [0.25, 0.3) is 0 Å². The predicted molar refractivity (Wildman–Crippen MR) is 107 cm³/mol. The van der Waals surface area contributed by atoms with E-state index in [1.165, 1.54) is 12.3 Å². The van der Waals surface area contributed by atoms with Gasteiger partial charge in [-0.2, -0.15) is 0 Å². The Balaban J connectivity index is 1.58. The van der Waals surface area contributed by atoms with E-state index in [1.54, 1.807) is 39.9 Å². The normalized spacial score (nSPS) is 26.9. The summed E-state index contributed by atoms with van der Waals surface area (Å²) in [5.74, 6) is -0.951. The quantitative estimate of drug-likeness (QED) is 0.753. The largest absolute Gasteiger partial charge is 0.396 e. The van der Waals surface area contributed by atoms with Crippen LogP contribution in [-0.2, 0) is 11.3 Å². The Morgan fingerprint density at radius 1 is 1.20 bits per heavy atom. The zero-order valence-corrected chi connectivity index (χ0v) is 16.5. The third-order valence-electron chi connectivity index (χ3n) is 6.63. The second kappa shape index (κ2) is 7.36. The van der Waals surface area contributed by atoms with Crippen LogP contribution in [-0.4, -0.2) is 50.6 Å². The summed E-state index contributed by atoms with van der Waals surface area (Å²) in [6.07, 6.45) is 5.33. The fourth-order valence-electron chi connectivity index (χ4n) is 4.96. The van der Waals surface area contributed by atoms with Crippen molar-refractivity contribution in [3.05, 3.63) is 64.3 Å². The number of hydrogen-bond acceptors (Lipinski definition) is 5. The molecule has 4 heterocycles. The van der Waals surface area contributed by atoms with Crippen molar-refractivity contribution in [2.24, 2.45) is 17.8 Å². The van der Waals surface area contributed by atoms with Crippen LogP contribution in [0.2, 0.25) is 0 Å². The van der Waals surface area contributed by atoms with Gasteiger partial charge in [0.15, 0.2) is 0 Å². The molecule has 2 aliphatic heterocycles. The van der Waals surface area contributed by atoms with Gasteiger partial charge in [0, 0.05) is 49.8 Å². The van der Waals surface area contributed by atoms with E-state index < -0.39 is 23.9 Å². The van der Waals surface area contributed by atoms with Crippen LogP contribution < -0.4 is 10.9 Å². The second-order valence-corrected chi connectivity index (χ2v) is 8.43. The zero-order chi connectivity index (χ0) is 20.8. The van der Waals surface area contributed by atoms with Crippen molar-refractivity contribution in [3.63, 3.8) is 0 Å². The smallest absolute Gasteiger partial charge is 0.256 e. The summed E-state index contributed by atoms with van der Waals surface area (Å²) in [6.45, 7) is 0.639. The molecule has 0 unspecified atom stereocenters. The van der Waals surface area contributed by atoms with Gasteiger partial charge in [0.1, 0.15) is 0 Å². The summed E-state index contributed by atoms with van der Waals surface area (Å²) in [5.41, 5.74) is 0.903. The fourth-order valence-corrected chi connectivity index (χ4v) is 4.96. The average molecular weight is 408 g/mol. The van der Waals surface area contributed by atoms with Crippen molar-refractivity contribution in [2.45, 2.75) is 31.5 Å². The molecule has 2 bridgehead atoms. The third kappa shape index (κ3) is 3.02. The van der Waals surface area contributed by atoms with Gasteiger partial charge >= 0.3 is 0 Å². The molecule has 8 nitrogen and oxygen atoms in total. The average Bonchev–Trinajstić information content (AvgIpc) is 3.56. The van der Waals surface area contributed by atoms with Gasteiger partial charge in [-0.3, -0.25) is 19.4 Å². The van der Waals surface area contributed by atoms with Crippen molar-refractivity contribution in [2.75, 3.05) is 13.2 Å². The number of aromatic nitrogens is 2. The molecule has 5 rings (SSSR count). The molecule has 0 aromatic carbocycles. The number of amides is 2. The van der Waals surface area contributed by atoms with E-state index in [0.29, 0.717) is 23.7 Å². The number of pyridine rings is 2. The summed E-state index contributed by atoms with van der Waals surface area (Å²) >= 11 is 0. The first-order valence-corrected chi connectivity index (χ1v) is 10.4. The molecule has 3 aliphatic rings. The second-order valence-electron chi connectivity index (χ2n) is 8.43. The molecule has 1 aliphatic carbocycles. The maximum atomic E-state index is 13.4. The molecule has 2 aromatic heterocycles. The molecule has 4 atom stereocenters. The summed E-state index contributed by atoms with van der Waals surface area (Å²) in [5, 5.41) is 13.2. The SMILES string of the molecule is O=C(NCC1CC1)[C@H]1[C@H](CO)[C@H]2Cn3c(cccc3=O)[C@@H]1N2C(=O)c1cccnc1. The van der Waals surface area contributed by atoms with Crippen LogP contribution in [0, 0.1) is 17.8 Å². The number of aliphatic hydroxyl groups is 1. The Kier molecular flexibility index (Phi) is 4.66. The van der Waals surface area contributed by atoms with E-state index in [9.17, 15) is 19.5 Å². The Morgan fingerprint density at radius 2 is 2.03 bits per heavy atom. The first-order chi connectivity index (χ1) is 14.6. The lowest BCUT2D eigenvalue weighted by molar-refractivity contribution is -0.127. The summed E-state index contributed by atoms with van der Waals surface area (Å²) < 4.78 is 1.64. The molecule has 156 valence electrons. The van der Waals surface area contributed by atoms with Crippen molar-refractivity contribution < 1.29 is 14.7 Å². The molecule has 2 aromatic rings. The lowest BCUT2D eigenvalue weighted by Crippen LogP contribution is -2.49. The first kappa shape index (κ1) is 19.0. The highest BCUT2D eigenvalue weighted by atomic mass is 16.3. The molecular formula is C22H24N4O4. The number of rotatable bonds is 5. The van der Waals surface area contributed by atoms with Crippen LogP contribution in [0.5, 0.6) is 0 Å². The van der Waals surface area contributed by atoms with Crippen LogP contribution in [0.15, 0.2) is 47.5 Å². The van der Waals surface area contributed by atoms with Crippen LogP contribution in [0.3, 0.4) is 0 Å².